The third-order valence-electron chi connectivity index (χ3n) is 3.40. The molecule has 114 valence electrons. The molecule has 1 aromatic carbocycles. The first-order valence-corrected chi connectivity index (χ1v) is 7.20. The van der Waals surface area contributed by atoms with E-state index < -0.39 is 0 Å². The number of aliphatic hydroxyl groups excluding tert-OH is 1. The minimum Gasteiger partial charge on any atom is -0.482 e. The zero-order chi connectivity index (χ0) is 15.7. The number of amides is 1. The Morgan fingerprint density at radius 2 is 2.05 bits per heavy atom. The molecule has 0 saturated carbocycles. The lowest BCUT2D eigenvalue weighted by atomic mass is 10.1. The minimum atomic E-state index is -0.175. The van der Waals surface area contributed by atoms with Gasteiger partial charge in [0.1, 0.15) is 11.8 Å². The summed E-state index contributed by atoms with van der Waals surface area (Å²) < 4.78 is 5.46. The summed E-state index contributed by atoms with van der Waals surface area (Å²) in [6.45, 7) is 4.12. The number of carbonyl (C=O) groups is 1. The van der Waals surface area contributed by atoms with E-state index >= 15 is 0 Å². The first kappa shape index (κ1) is 17.0. The van der Waals surface area contributed by atoms with Crippen LogP contribution in [0.2, 0.25) is 0 Å². The van der Waals surface area contributed by atoms with Crippen LogP contribution in [0.4, 0.5) is 0 Å². The summed E-state index contributed by atoms with van der Waals surface area (Å²) in [7, 11) is 0. The van der Waals surface area contributed by atoms with Crippen LogP contribution in [0.15, 0.2) is 24.3 Å². The smallest absolute Gasteiger partial charge is 0.260 e. The number of aliphatic hydroxyl groups is 1. The van der Waals surface area contributed by atoms with Crippen LogP contribution in [0.25, 0.3) is 0 Å². The third-order valence-corrected chi connectivity index (χ3v) is 3.40. The second kappa shape index (κ2) is 8.98. The van der Waals surface area contributed by atoms with Gasteiger partial charge in [0.2, 0.25) is 0 Å². The van der Waals surface area contributed by atoms with E-state index in [0.717, 1.165) is 12.8 Å². The van der Waals surface area contributed by atoms with E-state index in [-0.39, 0.29) is 25.2 Å². The van der Waals surface area contributed by atoms with Crippen LogP contribution < -0.4 is 4.74 Å². The van der Waals surface area contributed by atoms with Gasteiger partial charge in [-0.1, -0.05) is 26.0 Å². The molecule has 0 radical (unpaired) electrons. The summed E-state index contributed by atoms with van der Waals surface area (Å²) in [4.78, 5) is 13.9. The summed E-state index contributed by atoms with van der Waals surface area (Å²) in [6, 6.07) is 8.94. The molecule has 0 aliphatic rings. The van der Waals surface area contributed by atoms with E-state index in [1.165, 1.54) is 0 Å². The SMILES string of the molecule is CCC(CC)N(CCO)C(=O)COc1ccccc1C#N. The van der Waals surface area contributed by atoms with Gasteiger partial charge in [-0.2, -0.15) is 5.26 Å². The first-order chi connectivity index (χ1) is 10.2. The fourth-order valence-electron chi connectivity index (χ4n) is 2.26. The number of rotatable bonds is 8. The molecule has 5 heteroatoms. The highest BCUT2D eigenvalue weighted by Crippen LogP contribution is 2.17. The fourth-order valence-corrected chi connectivity index (χ4v) is 2.26. The lowest BCUT2D eigenvalue weighted by Gasteiger charge is -2.30. The Labute approximate surface area is 125 Å². The molecular formula is C16H22N2O3. The second-order valence-electron chi connectivity index (χ2n) is 4.68. The van der Waals surface area contributed by atoms with Gasteiger partial charge in [0, 0.05) is 12.6 Å². The Morgan fingerprint density at radius 3 is 2.62 bits per heavy atom. The Hall–Kier alpha value is -2.06. The second-order valence-corrected chi connectivity index (χ2v) is 4.68. The van der Waals surface area contributed by atoms with Crippen LogP contribution in [0.1, 0.15) is 32.3 Å². The van der Waals surface area contributed by atoms with Gasteiger partial charge < -0.3 is 14.7 Å². The van der Waals surface area contributed by atoms with E-state index in [9.17, 15) is 4.79 Å². The van der Waals surface area contributed by atoms with Crippen LogP contribution in [0, 0.1) is 11.3 Å². The quantitative estimate of drug-likeness (QED) is 0.794. The number of para-hydroxylation sites is 1. The van der Waals surface area contributed by atoms with Crippen molar-refractivity contribution < 1.29 is 14.6 Å². The Bertz CT molecular complexity index is 493. The number of nitrogens with zero attached hydrogens (tertiary/aromatic N) is 2. The van der Waals surface area contributed by atoms with Gasteiger partial charge in [0.15, 0.2) is 6.61 Å². The molecule has 0 saturated heterocycles. The maximum Gasteiger partial charge on any atom is 0.260 e. The average molecular weight is 290 g/mol. The summed E-state index contributed by atoms with van der Waals surface area (Å²) in [5, 5.41) is 18.1. The van der Waals surface area contributed by atoms with Crippen molar-refractivity contribution in [2.75, 3.05) is 19.8 Å². The van der Waals surface area contributed by atoms with E-state index in [2.05, 4.69) is 0 Å². The van der Waals surface area contributed by atoms with Gasteiger partial charge in [-0.3, -0.25) is 4.79 Å². The average Bonchev–Trinajstić information content (AvgIpc) is 2.53. The van der Waals surface area contributed by atoms with Crippen molar-refractivity contribution in [3.05, 3.63) is 29.8 Å². The predicted octanol–water partition coefficient (Wildman–Crippen LogP) is 1.95. The van der Waals surface area contributed by atoms with Crippen molar-refractivity contribution in [3.8, 4) is 11.8 Å². The molecule has 0 aliphatic heterocycles. The Kier molecular flexibility index (Phi) is 7.27. The molecule has 0 unspecified atom stereocenters. The maximum absolute atomic E-state index is 12.3. The molecule has 5 nitrogen and oxygen atoms in total. The van der Waals surface area contributed by atoms with Gasteiger partial charge in [0.05, 0.1) is 12.2 Å². The number of carbonyl (C=O) groups excluding carboxylic acids is 1. The molecule has 0 aromatic heterocycles. The topological polar surface area (TPSA) is 73.6 Å². The lowest BCUT2D eigenvalue weighted by molar-refractivity contribution is -0.136. The molecule has 1 amide bonds. The largest absolute Gasteiger partial charge is 0.482 e. The molecule has 0 heterocycles. The van der Waals surface area contributed by atoms with Crippen molar-refractivity contribution in [2.24, 2.45) is 0 Å². The maximum atomic E-state index is 12.3. The summed E-state index contributed by atoms with van der Waals surface area (Å²) in [6.07, 6.45) is 1.66. The van der Waals surface area contributed by atoms with Gasteiger partial charge >= 0.3 is 0 Å². The first-order valence-electron chi connectivity index (χ1n) is 7.20. The van der Waals surface area contributed by atoms with E-state index in [4.69, 9.17) is 15.1 Å². The molecule has 0 bridgehead atoms. The lowest BCUT2D eigenvalue weighted by Crippen LogP contribution is -2.44. The number of hydrogen-bond donors (Lipinski definition) is 1. The highest BCUT2D eigenvalue weighted by atomic mass is 16.5. The van der Waals surface area contributed by atoms with Crippen molar-refractivity contribution in [3.63, 3.8) is 0 Å². The summed E-state index contributed by atoms with van der Waals surface area (Å²) >= 11 is 0. The predicted molar refractivity (Wildman–Crippen MR) is 79.8 cm³/mol. The molecule has 0 fully saturated rings. The standard InChI is InChI=1S/C16H22N2O3/c1-3-14(4-2)18(9-10-19)16(20)12-21-15-8-6-5-7-13(15)11-17/h5-8,14,19H,3-4,9-10,12H2,1-2H3. The molecule has 21 heavy (non-hydrogen) atoms. The van der Waals surface area contributed by atoms with Gasteiger partial charge in [-0.25, -0.2) is 0 Å². The van der Waals surface area contributed by atoms with Crippen molar-refractivity contribution in [1.29, 1.82) is 5.26 Å². The van der Waals surface area contributed by atoms with Crippen LogP contribution in [0.5, 0.6) is 5.75 Å². The van der Waals surface area contributed by atoms with Crippen LogP contribution in [0.3, 0.4) is 0 Å². The zero-order valence-corrected chi connectivity index (χ0v) is 12.6. The number of ether oxygens (including phenoxy) is 1. The summed E-state index contributed by atoms with van der Waals surface area (Å²) in [5.41, 5.74) is 0.404. The van der Waals surface area contributed by atoms with Crippen LogP contribution >= 0.6 is 0 Å². The third kappa shape index (κ3) is 4.76. The summed E-state index contributed by atoms with van der Waals surface area (Å²) in [5.74, 6) is 0.229. The highest BCUT2D eigenvalue weighted by molar-refractivity contribution is 5.78. The molecular weight excluding hydrogens is 268 g/mol. The van der Waals surface area contributed by atoms with Crippen molar-refractivity contribution in [1.82, 2.24) is 4.90 Å². The van der Waals surface area contributed by atoms with Gasteiger partial charge in [-0.05, 0) is 25.0 Å². The fraction of sp³-hybridized carbons (Fsp3) is 0.500. The van der Waals surface area contributed by atoms with Crippen LogP contribution in [-0.4, -0.2) is 41.7 Å². The van der Waals surface area contributed by atoms with Gasteiger partial charge in [-0.15, -0.1) is 0 Å². The van der Waals surface area contributed by atoms with Crippen molar-refractivity contribution in [2.45, 2.75) is 32.7 Å². The van der Waals surface area contributed by atoms with E-state index in [0.29, 0.717) is 17.9 Å². The van der Waals surface area contributed by atoms with Crippen LogP contribution in [-0.2, 0) is 4.79 Å². The number of benzene rings is 1. The van der Waals surface area contributed by atoms with E-state index in [1.807, 2.05) is 19.9 Å². The Morgan fingerprint density at radius 1 is 1.38 bits per heavy atom. The normalized spacial score (nSPS) is 10.2. The molecule has 1 N–H and O–H groups in total. The molecule has 1 rings (SSSR count). The molecule has 1 aromatic rings. The minimum absolute atomic E-state index is 0.0724. The molecule has 0 atom stereocenters. The van der Waals surface area contributed by atoms with E-state index in [1.54, 1.807) is 29.2 Å². The highest BCUT2D eigenvalue weighted by Gasteiger charge is 2.21. The number of hydrogen-bond acceptors (Lipinski definition) is 4. The number of nitriles is 1. The molecule has 0 aliphatic carbocycles. The monoisotopic (exact) mass is 290 g/mol. The Balaban J connectivity index is 2.71. The van der Waals surface area contributed by atoms with Crippen molar-refractivity contribution >= 4 is 5.91 Å². The molecule has 0 spiro atoms. The van der Waals surface area contributed by atoms with Gasteiger partial charge in [0.25, 0.3) is 5.91 Å². The zero-order valence-electron chi connectivity index (χ0n) is 12.6.